The number of rotatable bonds is 7. The Balaban J connectivity index is 2.15. The summed E-state index contributed by atoms with van der Waals surface area (Å²) in [5.41, 5.74) is 0.481. The molecule has 0 spiro atoms. The zero-order chi connectivity index (χ0) is 20.9. The largest absolute Gasteiger partial charge is 0.339 e. The van der Waals surface area contributed by atoms with Crippen molar-refractivity contribution in [1.82, 2.24) is 9.62 Å². The number of nitrogens with one attached hydrogen (secondary N) is 1. The molecule has 1 aromatic rings. The second-order valence-corrected chi connectivity index (χ2v) is 12.7. The second kappa shape index (κ2) is 9.87. The molecular formula is C20H32N2O3S3. The van der Waals surface area contributed by atoms with Crippen LogP contribution < -0.4 is 4.72 Å². The molecule has 28 heavy (non-hydrogen) atoms. The van der Waals surface area contributed by atoms with E-state index in [-0.39, 0.29) is 15.5 Å². The number of carbonyl (C=O) groups is 1. The van der Waals surface area contributed by atoms with Crippen molar-refractivity contribution in [3.8, 4) is 0 Å². The van der Waals surface area contributed by atoms with Gasteiger partial charge in [-0.1, -0.05) is 27.7 Å². The normalized spacial score (nSPS) is 16.4. The molecule has 1 aliphatic heterocycles. The summed E-state index contributed by atoms with van der Waals surface area (Å²) in [6, 6.07) is 4.86. The quantitative estimate of drug-likeness (QED) is 0.507. The Kier molecular flexibility index (Phi) is 8.31. The SMILES string of the molecule is CSc1ccc(S(=O)(=O)NCCSC(C)(C)C)cc1C(=O)N1CCC(C)CC1. The van der Waals surface area contributed by atoms with Gasteiger partial charge in [-0.25, -0.2) is 13.1 Å². The summed E-state index contributed by atoms with van der Waals surface area (Å²) in [6.07, 6.45) is 3.89. The van der Waals surface area contributed by atoms with Gasteiger partial charge in [-0.2, -0.15) is 11.8 Å². The first-order chi connectivity index (χ1) is 13.0. The average molecular weight is 445 g/mol. The van der Waals surface area contributed by atoms with Gasteiger partial charge in [0.2, 0.25) is 10.0 Å². The Labute approximate surface area is 178 Å². The van der Waals surface area contributed by atoms with Gasteiger partial charge >= 0.3 is 0 Å². The third-order valence-corrected chi connectivity index (χ3v) is 8.24. The van der Waals surface area contributed by atoms with Crippen LogP contribution in [0.4, 0.5) is 0 Å². The molecule has 0 unspecified atom stereocenters. The fourth-order valence-electron chi connectivity index (χ4n) is 3.02. The highest BCUT2D eigenvalue weighted by Gasteiger charge is 2.25. The molecule has 0 atom stereocenters. The van der Waals surface area contributed by atoms with Gasteiger partial charge in [0.25, 0.3) is 5.91 Å². The van der Waals surface area contributed by atoms with Crippen LogP contribution >= 0.6 is 23.5 Å². The van der Waals surface area contributed by atoms with E-state index >= 15 is 0 Å². The molecule has 0 aromatic heterocycles. The Morgan fingerprint density at radius 3 is 2.46 bits per heavy atom. The summed E-state index contributed by atoms with van der Waals surface area (Å²) >= 11 is 3.18. The number of nitrogens with zero attached hydrogens (tertiary/aromatic N) is 1. The van der Waals surface area contributed by atoms with Gasteiger partial charge in [-0.05, 0) is 43.2 Å². The molecule has 1 saturated heterocycles. The number of hydrogen-bond acceptors (Lipinski definition) is 5. The Morgan fingerprint density at radius 2 is 1.89 bits per heavy atom. The van der Waals surface area contributed by atoms with E-state index < -0.39 is 10.0 Å². The van der Waals surface area contributed by atoms with E-state index in [0.717, 1.165) is 30.8 Å². The molecule has 5 nitrogen and oxygen atoms in total. The van der Waals surface area contributed by atoms with Crippen LogP contribution in [0.1, 0.15) is 50.9 Å². The third-order valence-electron chi connectivity index (χ3n) is 4.71. The minimum Gasteiger partial charge on any atom is -0.339 e. The number of benzene rings is 1. The first kappa shape index (κ1) is 23.6. The highest BCUT2D eigenvalue weighted by Crippen LogP contribution is 2.27. The van der Waals surface area contributed by atoms with Crippen LogP contribution in [0, 0.1) is 5.92 Å². The lowest BCUT2D eigenvalue weighted by molar-refractivity contribution is 0.0693. The average Bonchev–Trinajstić information content (AvgIpc) is 2.64. The molecule has 1 fully saturated rings. The van der Waals surface area contributed by atoms with Gasteiger partial charge in [0.05, 0.1) is 10.5 Å². The van der Waals surface area contributed by atoms with Crippen LogP contribution in [0.15, 0.2) is 28.0 Å². The molecule has 0 radical (unpaired) electrons. The zero-order valence-electron chi connectivity index (χ0n) is 17.4. The first-order valence-corrected chi connectivity index (χ1v) is 13.3. The van der Waals surface area contributed by atoms with Crippen molar-refractivity contribution in [3.05, 3.63) is 23.8 Å². The summed E-state index contributed by atoms with van der Waals surface area (Å²) in [4.78, 5) is 15.8. The summed E-state index contributed by atoms with van der Waals surface area (Å²) in [7, 11) is -3.64. The van der Waals surface area contributed by atoms with E-state index in [1.54, 1.807) is 23.9 Å². The molecular weight excluding hydrogens is 412 g/mol. The van der Waals surface area contributed by atoms with Crippen molar-refractivity contribution >= 4 is 39.5 Å². The summed E-state index contributed by atoms with van der Waals surface area (Å²) in [6.45, 7) is 10.3. The fraction of sp³-hybridized carbons (Fsp3) is 0.650. The van der Waals surface area contributed by atoms with Gasteiger partial charge in [0.15, 0.2) is 0 Å². The summed E-state index contributed by atoms with van der Waals surface area (Å²) < 4.78 is 28.1. The predicted octanol–water partition coefficient (Wildman–Crippen LogP) is 4.09. The molecule has 8 heteroatoms. The van der Waals surface area contributed by atoms with Crippen molar-refractivity contribution < 1.29 is 13.2 Å². The molecule has 0 aliphatic carbocycles. The van der Waals surface area contributed by atoms with E-state index in [1.165, 1.54) is 17.8 Å². The van der Waals surface area contributed by atoms with Crippen LogP contribution in [-0.4, -0.2) is 55.6 Å². The standard InChI is InChI=1S/C20H32N2O3S3/c1-15-8-11-22(12-9-15)19(23)17-14-16(6-7-18(17)26-5)28(24,25)21-10-13-27-20(2,3)4/h6-7,14-15,21H,8-13H2,1-5H3. The van der Waals surface area contributed by atoms with E-state index in [4.69, 9.17) is 0 Å². The van der Waals surface area contributed by atoms with Crippen LogP contribution in [-0.2, 0) is 10.0 Å². The van der Waals surface area contributed by atoms with E-state index in [9.17, 15) is 13.2 Å². The minimum atomic E-state index is -3.64. The van der Waals surface area contributed by atoms with Gasteiger partial charge in [0, 0.05) is 35.0 Å². The highest BCUT2D eigenvalue weighted by atomic mass is 32.2. The number of amides is 1. The number of piperidine rings is 1. The van der Waals surface area contributed by atoms with Crippen molar-refractivity contribution in [2.24, 2.45) is 5.92 Å². The Bertz CT molecular complexity index is 780. The summed E-state index contributed by atoms with van der Waals surface area (Å²) in [5, 5.41) is 0. The van der Waals surface area contributed by atoms with Gasteiger partial charge in [-0.3, -0.25) is 4.79 Å². The van der Waals surface area contributed by atoms with Crippen molar-refractivity contribution in [2.45, 2.75) is 55.1 Å². The third kappa shape index (κ3) is 6.68. The lowest BCUT2D eigenvalue weighted by Gasteiger charge is -2.30. The monoisotopic (exact) mass is 444 g/mol. The van der Waals surface area contributed by atoms with Crippen LogP contribution in [0.25, 0.3) is 0 Å². The molecule has 2 rings (SSSR count). The van der Waals surface area contributed by atoms with Crippen LogP contribution in [0.2, 0.25) is 0 Å². The molecule has 0 saturated carbocycles. The number of likely N-dealkylation sites (tertiary alicyclic amines) is 1. The highest BCUT2D eigenvalue weighted by molar-refractivity contribution is 8.00. The lowest BCUT2D eigenvalue weighted by Crippen LogP contribution is -2.38. The lowest BCUT2D eigenvalue weighted by atomic mass is 9.98. The van der Waals surface area contributed by atoms with Crippen molar-refractivity contribution in [3.63, 3.8) is 0 Å². The molecule has 1 amide bonds. The zero-order valence-corrected chi connectivity index (χ0v) is 19.9. The van der Waals surface area contributed by atoms with Crippen molar-refractivity contribution in [1.29, 1.82) is 0 Å². The second-order valence-electron chi connectivity index (χ2n) is 8.20. The van der Waals surface area contributed by atoms with E-state index in [1.807, 2.05) is 11.2 Å². The molecule has 0 bridgehead atoms. The van der Waals surface area contributed by atoms with E-state index in [0.29, 0.717) is 23.8 Å². The predicted molar refractivity (Wildman–Crippen MR) is 120 cm³/mol. The van der Waals surface area contributed by atoms with Gasteiger partial charge in [0.1, 0.15) is 0 Å². The number of hydrogen-bond donors (Lipinski definition) is 1. The molecule has 158 valence electrons. The maximum Gasteiger partial charge on any atom is 0.255 e. The maximum absolute atomic E-state index is 13.0. The number of sulfonamides is 1. The summed E-state index contributed by atoms with van der Waals surface area (Å²) in [5.74, 6) is 1.26. The van der Waals surface area contributed by atoms with Crippen LogP contribution in [0.3, 0.4) is 0 Å². The maximum atomic E-state index is 13.0. The minimum absolute atomic E-state index is 0.0726. The topological polar surface area (TPSA) is 66.5 Å². The molecule has 1 heterocycles. The molecule has 1 aliphatic rings. The van der Waals surface area contributed by atoms with E-state index in [2.05, 4.69) is 32.4 Å². The molecule has 1 N–H and O–H groups in total. The van der Waals surface area contributed by atoms with Gasteiger partial charge in [-0.15, -0.1) is 11.8 Å². The fourth-order valence-corrected chi connectivity index (χ4v) is 5.59. The van der Waals surface area contributed by atoms with Crippen LogP contribution in [0.5, 0.6) is 0 Å². The van der Waals surface area contributed by atoms with Crippen molar-refractivity contribution in [2.75, 3.05) is 31.6 Å². The van der Waals surface area contributed by atoms with Gasteiger partial charge < -0.3 is 4.90 Å². The smallest absolute Gasteiger partial charge is 0.255 e. The molecule has 1 aromatic carbocycles. The Hall–Kier alpha value is -0.700. The first-order valence-electron chi connectivity index (χ1n) is 9.64. The Morgan fingerprint density at radius 1 is 1.25 bits per heavy atom. The number of thioether (sulfide) groups is 2. The number of carbonyl (C=O) groups excluding carboxylic acids is 1.